The number of nitrogens with zero attached hydrogens (tertiary/aromatic N) is 2. The predicted octanol–water partition coefficient (Wildman–Crippen LogP) is 3.97. The second-order valence-electron chi connectivity index (χ2n) is 4.40. The second-order valence-corrected chi connectivity index (χ2v) is 5.31. The number of aryl methyl sites for hydroxylation is 2. The Morgan fingerprint density at radius 3 is 2.72 bits per heavy atom. The molecule has 0 aliphatic carbocycles. The largest absolute Gasteiger partial charge is 0.417 e. The highest BCUT2D eigenvalue weighted by atomic mass is 32.1. The van der Waals surface area contributed by atoms with E-state index >= 15 is 0 Å². The number of hydrogen-bond acceptors (Lipinski definition) is 2. The smallest absolute Gasteiger partial charge is 0.269 e. The third-order valence-electron chi connectivity index (χ3n) is 3.10. The minimum atomic E-state index is -4.27. The van der Waals surface area contributed by atoms with Crippen molar-refractivity contribution < 1.29 is 13.2 Å². The lowest BCUT2D eigenvalue weighted by atomic mass is 10.1. The molecule has 2 nitrogen and oxygen atoms in total. The van der Waals surface area contributed by atoms with Crippen molar-refractivity contribution in [1.29, 1.82) is 0 Å². The fourth-order valence-corrected chi connectivity index (χ4v) is 3.03. The molecule has 0 bridgehead atoms. The maximum absolute atomic E-state index is 12.5. The minimum absolute atomic E-state index is 0.587. The van der Waals surface area contributed by atoms with Crippen LogP contribution in [-0.2, 0) is 19.1 Å². The average molecular weight is 272 g/mol. The van der Waals surface area contributed by atoms with Crippen LogP contribution in [0.15, 0.2) is 17.5 Å². The molecular formula is C12H11F3N2S. The van der Waals surface area contributed by atoms with Crippen LogP contribution >= 0.6 is 11.3 Å². The summed E-state index contributed by atoms with van der Waals surface area (Å²) in [5.41, 5.74) is 1.19. The lowest BCUT2D eigenvalue weighted by Crippen LogP contribution is -2.10. The number of fused-ring (bicyclic) bond motifs is 1. The summed E-state index contributed by atoms with van der Waals surface area (Å²) in [5, 5.41) is 5.52. The van der Waals surface area contributed by atoms with Gasteiger partial charge in [0, 0.05) is 17.6 Å². The van der Waals surface area contributed by atoms with E-state index in [4.69, 9.17) is 0 Å². The molecule has 0 saturated heterocycles. The number of halogens is 3. The van der Waals surface area contributed by atoms with Gasteiger partial charge >= 0.3 is 6.18 Å². The van der Waals surface area contributed by atoms with Crippen LogP contribution in [0.5, 0.6) is 0 Å². The third kappa shape index (κ3) is 2.05. The summed E-state index contributed by atoms with van der Waals surface area (Å²) in [5.74, 6) is 0. The van der Waals surface area contributed by atoms with Gasteiger partial charge in [0.2, 0.25) is 0 Å². The molecule has 0 radical (unpaired) electrons. The monoisotopic (exact) mass is 272 g/mol. The molecule has 2 aromatic heterocycles. The summed E-state index contributed by atoms with van der Waals surface area (Å²) >= 11 is 1.10. The van der Waals surface area contributed by atoms with E-state index in [1.54, 1.807) is 0 Å². The highest BCUT2D eigenvalue weighted by Gasteiger charge is 2.32. The quantitative estimate of drug-likeness (QED) is 0.768. The normalized spacial score (nSPS) is 15.7. The van der Waals surface area contributed by atoms with Crippen LogP contribution in [-0.4, -0.2) is 9.78 Å². The Morgan fingerprint density at radius 1 is 1.22 bits per heavy atom. The summed E-state index contributed by atoms with van der Waals surface area (Å²) < 4.78 is 39.5. The van der Waals surface area contributed by atoms with E-state index < -0.39 is 11.7 Å². The second kappa shape index (κ2) is 4.12. The molecule has 0 unspecified atom stereocenters. The number of alkyl halides is 3. The maximum Gasteiger partial charge on any atom is 0.417 e. The summed E-state index contributed by atoms with van der Waals surface area (Å²) in [7, 11) is 0. The molecule has 0 amide bonds. The average Bonchev–Trinajstić information content (AvgIpc) is 2.94. The number of hydrogen-bond donors (Lipinski definition) is 0. The molecule has 6 heteroatoms. The Hall–Kier alpha value is -1.30. The van der Waals surface area contributed by atoms with Crippen LogP contribution in [0.1, 0.15) is 24.1 Å². The molecule has 0 fully saturated rings. The van der Waals surface area contributed by atoms with Crippen LogP contribution in [0.2, 0.25) is 0 Å². The fraction of sp³-hybridized carbons (Fsp3) is 0.417. The first-order valence-electron chi connectivity index (χ1n) is 5.77. The lowest BCUT2D eigenvalue weighted by Gasteiger charge is -2.11. The lowest BCUT2D eigenvalue weighted by molar-refractivity contribution is -0.137. The summed E-state index contributed by atoms with van der Waals surface area (Å²) in [6.07, 6.45) is -1.09. The van der Waals surface area contributed by atoms with Gasteiger partial charge < -0.3 is 0 Å². The summed E-state index contributed by atoms with van der Waals surface area (Å²) in [6.45, 7) is 0.868. The van der Waals surface area contributed by atoms with Gasteiger partial charge in [-0.3, -0.25) is 4.68 Å². The van der Waals surface area contributed by atoms with Crippen LogP contribution in [0, 0.1) is 0 Å². The van der Waals surface area contributed by atoms with E-state index in [1.807, 2.05) is 10.7 Å². The molecule has 96 valence electrons. The SMILES string of the molecule is FC(F)(F)c1csc(-c2cc3n(n2)CCCC3)c1. The van der Waals surface area contributed by atoms with Crippen LogP contribution in [0.25, 0.3) is 10.6 Å². The molecule has 0 saturated carbocycles. The van der Waals surface area contributed by atoms with Crippen LogP contribution in [0.4, 0.5) is 13.2 Å². The number of aromatic nitrogens is 2. The van der Waals surface area contributed by atoms with E-state index in [2.05, 4.69) is 5.10 Å². The van der Waals surface area contributed by atoms with Gasteiger partial charge in [-0.05, 0) is 31.4 Å². The van der Waals surface area contributed by atoms with E-state index in [0.717, 1.165) is 48.2 Å². The zero-order valence-corrected chi connectivity index (χ0v) is 10.3. The molecule has 0 spiro atoms. The van der Waals surface area contributed by atoms with Gasteiger partial charge in [0.25, 0.3) is 0 Å². The van der Waals surface area contributed by atoms with Crippen LogP contribution < -0.4 is 0 Å². The van der Waals surface area contributed by atoms with Gasteiger partial charge in [0.1, 0.15) is 5.69 Å². The van der Waals surface area contributed by atoms with Gasteiger partial charge in [-0.2, -0.15) is 18.3 Å². The molecule has 1 aliphatic rings. The fourth-order valence-electron chi connectivity index (χ4n) is 2.16. The summed E-state index contributed by atoms with van der Waals surface area (Å²) in [6, 6.07) is 3.09. The Morgan fingerprint density at radius 2 is 2.06 bits per heavy atom. The molecule has 0 aromatic carbocycles. The molecule has 2 aromatic rings. The zero-order chi connectivity index (χ0) is 12.8. The molecule has 1 aliphatic heterocycles. The Bertz CT molecular complexity index is 545. The number of rotatable bonds is 1. The minimum Gasteiger partial charge on any atom is -0.269 e. The first kappa shape index (κ1) is 11.8. The van der Waals surface area contributed by atoms with Gasteiger partial charge in [0.15, 0.2) is 0 Å². The summed E-state index contributed by atoms with van der Waals surface area (Å²) in [4.78, 5) is 0.587. The molecule has 3 heterocycles. The Balaban J connectivity index is 1.95. The van der Waals surface area contributed by atoms with Gasteiger partial charge in [-0.15, -0.1) is 11.3 Å². The molecular weight excluding hydrogens is 261 g/mol. The van der Waals surface area contributed by atoms with Gasteiger partial charge in [-0.25, -0.2) is 0 Å². The molecule has 18 heavy (non-hydrogen) atoms. The Labute approximate surface area is 106 Å². The maximum atomic E-state index is 12.5. The van der Waals surface area contributed by atoms with E-state index in [0.29, 0.717) is 10.6 Å². The number of thiophene rings is 1. The van der Waals surface area contributed by atoms with Crippen molar-refractivity contribution in [2.45, 2.75) is 32.0 Å². The van der Waals surface area contributed by atoms with Gasteiger partial charge in [0.05, 0.1) is 10.4 Å². The van der Waals surface area contributed by atoms with Gasteiger partial charge in [-0.1, -0.05) is 0 Å². The van der Waals surface area contributed by atoms with E-state index in [9.17, 15) is 13.2 Å². The zero-order valence-electron chi connectivity index (χ0n) is 9.50. The standard InChI is InChI=1S/C12H11F3N2S/c13-12(14,15)8-5-11(18-7-8)10-6-9-3-1-2-4-17(9)16-10/h5-7H,1-4H2. The topological polar surface area (TPSA) is 17.8 Å². The first-order valence-corrected chi connectivity index (χ1v) is 6.65. The van der Waals surface area contributed by atoms with Crippen molar-refractivity contribution in [2.24, 2.45) is 0 Å². The third-order valence-corrected chi connectivity index (χ3v) is 4.05. The van der Waals surface area contributed by atoms with E-state index in [-0.39, 0.29) is 0 Å². The van der Waals surface area contributed by atoms with Crippen molar-refractivity contribution in [3.8, 4) is 10.6 Å². The van der Waals surface area contributed by atoms with Crippen molar-refractivity contribution >= 4 is 11.3 Å². The van der Waals surface area contributed by atoms with Crippen LogP contribution in [0.3, 0.4) is 0 Å². The van der Waals surface area contributed by atoms with Crippen molar-refractivity contribution in [3.05, 3.63) is 28.8 Å². The van der Waals surface area contributed by atoms with Crippen molar-refractivity contribution in [2.75, 3.05) is 0 Å². The molecule has 3 rings (SSSR count). The van der Waals surface area contributed by atoms with Crippen molar-refractivity contribution in [3.63, 3.8) is 0 Å². The predicted molar refractivity (Wildman–Crippen MR) is 63.5 cm³/mol. The Kier molecular flexibility index (Phi) is 2.69. The molecule has 0 N–H and O–H groups in total. The first-order chi connectivity index (χ1) is 8.54. The van der Waals surface area contributed by atoms with E-state index in [1.165, 1.54) is 6.07 Å². The highest BCUT2D eigenvalue weighted by molar-refractivity contribution is 7.13. The van der Waals surface area contributed by atoms with Crippen molar-refractivity contribution in [1.82, 2.24) is 9.78 Å². The highest BCUT2D eigenvalue weighted by Crippen LogP contribution is 2.36. The molecule has 0 atom stereocenters.